The molecule has 0 spiro atoms. The van der Waals surface area contributed by atoms with Gasteiger partial charge in [0.1, 0.15) is 6.04 Å². The number of hydrogen-bond donors (Lipinski definition) is 1. The first kappa shape index (κ1) is 17.8. The molecule has 3 rings (SSSR count). The van der Waals surface area contributed by atoms with Crippen molar-refractivity contribution < 1.29 is 4.79 Å². The predicted molar refractivity (Wildman–Crippen MR) is 106 cm³/mol. The van der Waals surface area contributed by atoms with Crippen LogP contribution in [0, 0.1) is 0 Å². The number of nitrogens with one attached hydrogen (secondary N) is 1. The zero-order chi connectivity index (χ0) is 18.1. The van der Waals surface area contributed by atoms with E-state index >= 15 is 0 Å². The van der Waals surface area contributed by atoms with Crippen LogP contribution in [-0.2, 0) is 4.79 Å². The van der Waals surface area contributed by atoms with E-state index in [1.807, 2.05) is 23.8 Å². The molecule has 0 saturated heterocycles. The number of carbonyl (C=O) groups is 1. The summed E-state index contributed by atoms with van der Waals surface area (Å²) in [6, 6.07) is 13.0. The van der Waals surface area contributed by atoms with Crippen LogP contribution in [0.3, 0.4) is 0 Å². The summed E-state index contributed by atoms with van der Waals surface area (Å²) >= 11 is 12.0. The summed E-state index contributed by atoms with van der Waals surface area (Å²) in [6.07, 6.45) is 1.95. The second-order valence-corrected chi connectivity index (χ2v) is 7.39. The van der Waals surface area contributed by atoms with Crippen LogP contribution < -0.4 is 5.32 Å². The van der Waals surface area contributed by atoms with Crippen molar-refractivity contribution in [1.82, 2.24) is 4.57 Å². The van der Waals surface area contributed by atoms with Crippen LogP contribution in [0.25, 0.3) is 10.9 Å². The van der Waals surface area contributed by atoms with Gasteiger partial charge in [0.2, 0.25) is 5.91 Å². The fourth-order valence-electron chi connectivity index (χ4n) is 2.88. The fraction of sp³-hybridized carbons (Fsp3) is 0.250. The van der Waals surface area contributed by atoms with Crippen molar-refractivity contribution in [3.05, 3.63) is 64.3 Å². The number of aromatic nitrogens is 1. The minimum atomic E-state index is -0.361. The highest BCUT2D eigenvalue weighted by Gasteiger charge is 2.17. The molecule has 130 valence electrons. The smallest absolute Gasteiger partial charge is 0.247 e. The molecular formula is C20H20Cl2N2O. The predicted octanol–water partition coefficient (Wildman–Crippen LogP) is 6.27. The van der Waals surface area contributed by atoms with Crippen molar-refractivity contribution >= 4 is 45.7 Å². The number of halogens is 2. The molecule has 0 bridgehead atoms. The van der Waals surface area contributed by atoms with E-state index in [1.54, 1.807) is 18.2 Å². The zero-order valence-corrected chi connectivity index (χ0v) is 15.9. The Bertz CT molecular complexity index is 910. The highest BCUT2D eigenvalue weighted by molar-refractivity contribution is 6.35. The van der Waals surface area contributed by atoms with E-state index in [2.05, 4.69) is 37.4 Å². The average molecular weight is 375 g/mol. The normalized spacial score (nSPS) is 12.6. The van der Waals surface area contributed by atoms with Gasteiger partial charge in [-0.2, -0.15) is 0 Å². The van der Waals surface area contributed by atoms with Crippen molar-refractivity contribution in [2.45, 2.75) is 32.7 Å². The Balaban J connectivity index is 1.85. The summed E-state index contributed by atoms with van der Waals surface area (Å²) in [5, 5.41) is 4.99. The van der Waals surface area contributed by atoms with Gasteiger partial charge in [-0.15, -0.1) is 0 Å². The minimum Gasteiger partial charge on any atom is -0.335 e. The zero-order valence-electron chi connectivity index (χ0n) is 14.4. The van der Waals surface area contributed by atoms with E-state index in [9.17, 15) is 4.79 Å². The molecule has 3 aromatic rings. The molecule has 2 aromatic carbocycles. The van der Waals surface area contributed by atoms with Crippen LogP contribution in [0.2, 0.25) is 10.0 Å². The molecule has 25 heavy (non-hydrogen) atoms. The van der Waals surface area contributed by atoms with Crippen LogP contribution in [0.5, 0.6) is 0 Å². The van der Waals surface area contributed by atoms with Crippen LogP contribution in [0.1, 0.15) is 38.3 Å². The van der Waals surface area contributed by atoms with E-state index in [1.165, 1.54) is 5.56 Å². The summed E-state index contributed by atoms with van der Waals surface area (Å²) in [4.78, 5) is 12.6. The fourth-order valence-corrected chi connectivity index (χ4v) is 3.40. The Hall–Kier alpha value is -1.97. The lowest BCUT2D eigenvalue weighted by Crippen LogP contribution is -2.23. The molecule has 1 heterocycles. The number of hydrogen-bond acceptors (Lipinski definition) is 1. The molecule has 1 amide bonds. The third-order valence-corrected chi connectivity index (χ3v) is 4.77. The molecule has 0 aliphatic carbocycles. The van der Waals surface area contributed by atoms with Gasteiger partial charge in [-0.25, -0.2) is 0 Å². The molecular weight excluding hydrogens is 355 g/mol. The molecule has 0 aliphatic rings. The van der Waals surface area contributed by atoms with Gasteiger partial charge in [-0.3, -0.25) is 4.79 Å². The van der Waals surface area contributed by atoms with Crippen molar-refractivity contribution in [2.75, 3.05) is 5.32 Å². The number of nitrogens with zero attached hydrogens (tertiary/aromatic N) is 1. The Morgan fingerprint density at radius 3 is 2.32 bits per heavy atom. The number of benzene rings is 2. The summed E-state index contributed by atoms with van der Waals surface area (Å²) in [6.45, 7) is 6.21. The molecule has 0 radical (unpaired) electrons. The van der Waals surface area contributed by atoms with Crippen LogP contribution in [0.4, 0.5) is 5.69 Å². The molecule has 3 nitrogen and oxygen atoms in total. The van der Waals surface area contributed by atoms with Crippen LogP contribution >= 0.6 is 23.2 Å². The number of anilines is 1. The van der Waals surface area contributed by atoms with Crippen molar-refractivity contribution in [3.8, 4) is 0 Å². The quantitative estimate of drug-likeness (QED) is 0.573. The summed E-state index contributed by atoms with van der Waals surface area (Å²) in [7, 11) is 0. The second kappa shape index (κ2) is 7.11. The largest absolute Gasteiger partial charge is 0.335 e. The molecule has 1 unspecified atom stereocenters. The highest BCUT2D eigenvalue weighted by atomic mass is 35.5. The Kier molecular flexibility index (Phi) is 5.07. The third-order valence-electron chi connectivity index (χ3n) is 4.34. The summed E-state index contributed by atoms with van der Waals surface area (Å²) < 4.78 is 1.97. The first-order valence-corrected chi connectivity index (χ1v) is 8.98. The first-order valence-electron chi connectivity index (χ1n) is 8.22. The van der Waals surface area contributed by atoms with Crippen molar-refractivity contribution in [2.24, 2.45) is 0 Å². The van der Waals surface area contributed by atoms with E-state index in [0.717, 1.165) is 10.9 Å². The Labute approximate surface area is 157 Å². The van der Waals surface area contributed by atoms with Gasteiger partial charge in [-0.05, 0) is 60.2 Å². The lowest BCUT2D eigenvalue weighted by Gasteiger charge is -2.16. The van der Waals surface area contributed by atoms with E-state index in [-0.39, 0.29) is 11.9 Å². The molecule has 0 aliphatic heterocycles. The van der Waals surface area contributed by atoms with E-state index < -0.39 is 0 Å². The van der Waals surface area contributed by atoms with Gasteiger partial charge in [0.15, 0.2) is 0 Å². The molecule has 5 heteroatoms. The van der Waals surface area contributed by atoms with Crippen molar-refractivity contribution in [1.29, 1.82) is 0 Å². The van der Waals surface area contributed by atoms with Gasteiger partial charge < -0.3 is 9.88 Å². The lowest BCUT2D eigenvalue weighted by molar-refractivity contribution is -0.118. The monoisotopic (exact) mass is 374 g/mol. The number of fused-ring (bicyclic) bond motifs is 1. The van der Waals surface area contributed by atoms with Crippen LogP contribution in [0.15, 0.2) is 48.7 Å². The van der Waals surface area contributed by atoms with E-state index in [4.69, 9.17) is 23.2 Å². The Morgan fingerprint density at radius 1 is 1.00 bits per heavy atom. The maximum absolute atomic E-state index is 12.6. The van der Waals surface area contributed by atoms with Gasteiger partial charge >= 0.3 is 0 Å². The minimum absolute atomic E-state index is 0.122. The standard InChI is InChI=1S/C20H20Cl2N2O/c1-12(2)14-4-5-19-15(8-14)6-7-24(19)13(3)20(25)23-18-10-16(21)9-17(22)11-18/h4-13H,1-3H3,(H,23,25). The molecule has 1 N–H and O–H groups in total. The molecule has 1 aromatic heterocycles. The summed E-state index contributed by atoms with van der Waals surface area (Å²) in [5.41, 5.74) is 2.92. The topological polar surface area (TPSA) is 34.0 Å². The maximum atomic E-state index is 12.6. The Morgan fingerprint density at radius 2 is 1.68 bits per heavy atom. The van der Waals surface area contributed by atoms with Gasteiger partial charge in [0.25, 0.3) is 0 Å². The van der Waals surface area contributed by atoms with E-state index in [0.29, 0.717) is 21.7 Å². The second-order valence-electron chi connectivity index (χ2n) is 6.52. The maximum Gasteiger partial charge on any atom is 0.247 e. The average Bonchev–Trinajstić information content (AvgIpc) is 2.95. The van der Waals surface area contributed by atoms with Crippen molar-refractivity contribution in [3.63, 3.8) is 0 Å². The molecule has 0 fully saturated rings. The number of amides is 1. The van der Waals surface area contributed by atoms with Gasteiger partial charge in [0, 0.05) is 27.4 Å². The summed E-state index contributed by atoms with van der Waals surface area (Å²) in [5.74, 6) is 0.352. The number of carbonyl (C=O) groups excluding carboxylic acids is 1. The number of rotatable bonds is 4. The highest BCUT2D eigenvalue weighted by Crippen LogP contribution is 2.26. The van der Waals surface area contributed by atoms with Gasteiger partial charge in [0.05, 0.1) is 0 Å². The van der Waals surface area contributed by atoms with Crippen LogP contribution in [-0.4, -0.2) is 10.5 Å². The molecule has 1 atom stereocenters. The molecule has 0 saturated carbocycles. The SMILES string of the molecule is CC(C)c1ccc2c(ccn2C(C)C(=O)Nc2cc(Cl)cc(Cl)c2)c1. The van der Waals surface area contributed by atoms with Gasteiger partial charge in [-0.1, -0.05) is 43.1 Å². The lowest BCUT2D eigenvalue weighted by atomic mass is 10.0. The first-order chi connectivity index (χ1) is 11.8. The third kappa shape index (κ3) is 3.83.